The van der Waals surface area contributed by atoms with E-state index in [-0.39, 0.29) is 51.4 Å². The summed E-state index contributed by atoms with van der Waals surface area (Å²) in [4.78, 5) is 26.1. The molecule has 0 atom stereocenters. The number of carbonyl (C=O) groups excluding carboxylic acids is 1. The first-order chi connectivity index (χ1) is 16.5. The molecule has 0 aliphatic rings. The van der Waals surface area contributed by atoms with Crippen molar-refractivity contribution in [2.24, 2.45) is 5.92 Å². The van der Waals surface area contributed by atoms with E-state index in [4.69, 9.17) is 13.9 Å². The summed E-state index contributed by atoms with van der Waals surface area (Å²) in [6.45, 7) is 11.1. The second kappa shape index (κ2) is 10.3. The average Bonchev–Trinajstić information content (AvgIpc) is 2.76. The quantitative estimate of drug-likeness (QED) is 0.186. The van der Waals surface area contributed by atoms with Crippen molar-refractivity contribution < 1.29 is 28.9 Å². The van der Waals surface area contributed by atoms with E-state index in [2.05, 4.69) is 0 Å². The first-order valence-electron chi connectivity index (χ1n) is 11.5. The molecule has 0 fully saturated rings. The molecule has 0 bridgehead atoms. The van der Waals surface area contributed by atoms with Crippen molar-refractivity contribution >= 4 is 27.9 Å². The summed E-state index contributed by atoms with van der Waals surface area (Å²) in [6.07, 6.45) is 4.36. The standard InChI is InChI=1S/C28H32O7/c1-14(2)8-10-17-20(35-28(32)16(5)6)13-22-24(25(17)30)26(31)23-18(11-9-15(3)4)27(33-7)19(29)12-21(23)34-22/h8-9,12-13,16,29-30H,10-11H2,1-7H3. The molecule has 0 spiro atoms. The summed E-state index contributed by atoms with van der Waals surface area (Å²) in [7, 11) is 1.42. The van der Waals surface area contributed by atoms with Crippen LogP contribution in [0.25, 0.3) is 21.9 Å². The first-order valence-corrected chi connectivity index (χ1v) is 11.5. The number of esters is 1. The molecule has 186 valence electrons. The van der Waals surface area contributed by atoms with Gasteiger partial charge in [-0.15, -0.1) is 0 Å². The number of ether oxygens (including phenoxy) is 2. The third-order valence-electron chi connectivity index (χ3n) is 5.64. The molecular weight excluding hydrogens is 448 g/mol. The number of aromatic hydroxyl groups is 2. The average molecular weight is 481 g/mol. The lowest BCUT2D eigenvalue weighted by atomic mass is 9.98. The molecule has 7 nitrogen and oxygen atoms in total. The number of benzene rings is 2. The molecule has 0 saturated carbocycles. The van der Waals surface area contributed by atoms with Crippen molar-refractivity contribution in [1.29, 1.82) is 0 Å². The minimum atomic E-state index is -0.475. The van der Waals surface area contributed by atoms with E-state index in [0.717, 1.165) is 11.1 Å². The summed E-state index contributed by atoms with van der Waals surface area (Å²) in [5.74, 6) is -1.05. The summed E-state index contributed by atoms with van der Waals surface area (Å²) < 4.78 is 17.0. The lowest BCUT2D eigenvalue weighted by molar-refractivity contribution is -0.137. The molecule has 1 heterocycles. The van der Waals surface area contributed by atoms with Gasteiger partial charge in [-0.1, -0.05) is 37.1 Å². The van der Waals surface area contributed by atoms with Gasteiger partial charge >= 0.3 is 5.97 Å². The third kappa shape index (κ3) is 5.19. The van der Waals surface area contributed by atoms with Crippen molar-refractivity contribution in [3.8, 4) is 23.0 Å². The van der Waals surface area contributed by atoms with Crippen LogP contribution < -0.4 is 14.9 Å². The van der Waals surface area contributed by atoms with Gasteiger partial charge in [0.05, 0.1) is 18.4 Å². The van der Waals surface area contributed by atoms with Crippen LogP contribution in [0.3, 0.4) is 0 Å². The maximum Gasteiger partial charge on any atom is 0.313 e. The van der Waals surface area contributed by atoms with Crippen LogP contribution in [0.4, 0.5) is 0 Å². The fraction of sp³-hybridized carbons (Fsp3) is 0.357. The molecule has 0 amide bonds. The fourth-order valence-corrected chi connectivity index (χ4v) is 3.76. The van der Waals surface area contributed by atoms with Crippen LogP contribution in [-0.4, -0.2) is 23.3 Å². The molecule has 3 rings (SSSR count). The highest BCUT2D eigenvalue weighted by Crippen LogP contribution is 2.41. The van der Waals surface area contributed by atoms with Gasteiger partial charge in [0.15, 0.2) is 11.5 Å². The topological polar surface area (TPSA) is 106 Å². The number of phenolic OH excluding ortho intramolecular Hbond substituents is 2. The van der Waals surface area contributed by atoms with Crippen LogP contribution >= 0.6 is 0 Å². The monoisotopic (exact) mass is 480 g/mol. The molecule has 0 radical (unpaired) electrons. The molecule has 0 unspecified atom stereocenters. The molecule has 2 aromatic carbocycles. The zero-order valence-corrected chi connectivity index (χ0v) is 21.2. The molecule has 7 heteroatoms. The van der Waals surface area contributed by atoms with Crippen molar-refractivity contribution in [2.45, 2.75) is 54.4 Å². The molecular formula is C28H32O7. The number of allylic oxidation sites excluding steroid dienone is 4. The highest BCUT2D eigenvalue weighted by molar-refractivity contribution is 5.98. The third-order valence-corrected chi connectivity index (χ3v) is 5.64. The molecule has 2 N–H and O–H groups in total. The van der Waals surface area contributed by atoms with Gasteiger partial charge in [-0.05, 0) is 40.5 Å². The van der Waals surface area contributed by atoms with Gasteiger partial charge in [-0.2, -0.15) is 0 Å². The van der Waals surface area contributed by atoms with Gasteiger partial charge < -0.3 is 24.1 Å². The van der Waals surface area contributed by atoms with Gasteiger partial charge in [0, 0.05) is 23.3 Å². The number of hydrogen-bond acceptors (Lipinski definition) is 7. The van der Waals surface area contributed by atoms with Gasteiger partial charge in [0.25, 0.3) is 0 Å². The van der Waals surface area contributed by atoms with Crippen LogP contribution in [0, 0.1) is 5.92 Å². The van der Waals surface area contributed by atoms with Gasteiger partial charge in [-0.3, -0.25) is 9.59 Å². The Balaban J connectivity index is 2.44. The number of rotatable bonds is 7. The normalized spacial score (nSPS) is 11.1. The first kappa shape index (κ1) is 25.9. The van der Waals surface area contributed by atoms with Crippen molar-refractivity contribution in [2.75, 3.05) is 7.11 Å². The Bertz CT molecular complexity index is 1410. The Morgan fingerprint density at radius 2 is 1.54 bits per heavy atom. The second-order valence-electron chi connectivity index (χ2n) is 9.33. The van der Waals surface area contributed by atoms with E-state index < -0.39 is 17.3 Å². The predicted molar refractivity (Wildman–Crippen MR) is 137 cm³/mol. The number of methoxy groups -OCH3 is 1. The fourth-order valence-electron chi connectivity index (χ4n) is 3.76. The van der Waals surface area contributed by atoms with Crippen molar-refractivity contribution in [3.63, 3.8) is 0 Å². The van der Waals surface area contributed by atoms with Crippen LogP contribution in [0.2, 0.25) is 0 Å². The minimum Gasteiger partial charge on any atom is -0.507 e. The van der Waals surface area contributed by atoms with Crippen LogP contribution in [0.1, 0.15) is 52.7 Å². The highest BCUT2D eigenvalue weighted by Gasteiger charge is 2.24. The molecule has 35 heavy (non-hydrogen) atoms. The molecule has 0 saturated heterocycles. The Labute approximate surface area is 204 Å². The van der Waals surface area contributed by atoms with Crippen molar-refractivity contribution in [1.82, 2.24) is 0 Å². The number of carbonyl (C=O) groups is 1. The Kier molecular flexibility index (Phi) is 7.58. The van der Waals surface area contributed by atoms with E-state index in [9.17, 15) is 19.8 Å². The number of hydrogen-bond donors (Lipinski definition) is 2. The van der Waals surface area contributed by atoms with E-state index >= 15 is 0 Å². The Hall–Kier alpha value is -3.74. The van der Waals surface area contributed by atoms with E-state index in [0.29, 0.717) is 17.5 Å². The maximum atomic E-state index is 13.8. The Morgan fingerprint density at radius 3 is 2.09 bits per heavy atom. The summed E-state index contributed by atoms with van der Waals surface area (Å²) in [5, 5.41) is 22.0. The predicted octanol–water partition coefficient (Wildman–Crippen LogP) is 5.94. The largest absolute Gasteiger partial charge is 0.507 e. The van der Waals surface area contributed by atoms with Crippen LogP contribution in [0.15, 0.2) is 44.6 Å². The zero-order valence-electron chi connectivity index (χ0n) is 21.2. The van der Waals surface area contributed by atoms with E-state index in [1.807, 2.05) is 39.8 Å². The Morgan fingerprint density at radius 1 is 0.971 bits per heavy atom. The summed E-state index contributed by atoms with van der Waals surface area (Å²) in [5.41, 5.74) is 2.52. The highest BCUT2D eigenvalue weighted by atomic mass is 16.5. The van der Waals surface area contributed by atoms with Crippen LogP contribution in [-0.2, 0) is 17.6 Å². The number of phenols is 2. The smallest absolute Gasteiger partial charge is 0.313 e. The lowest BCUT2D eigenvalue weighted by Gasteiger charge is -2.16. The van der Waals surface area contributed by atoms with Crippen molar-refractivity contribution in [3.05, 3.63) is 56.8 Å². The molecule has 1 aromatic heterocycles. The minimum absolute atomic E-state index is 0.0230. The summed E-state index contributed by atoms with van der Waals surface area (Å²) >= 11 is 0. The zero-order chi connectivity index (χ0) is 26.0. The van der Waals surface area contributed by atoms with E-state index in [1.54, 1.807) is 13.8 Å². The molecule has 3 aromatic rings. The maximum absolute atomic E-state index is 13.8. The van der Waals surface area contributed by atoms with E-state index in [1.165, 1.54) is 19.2 Å². The number of fused-ring (bicyclic) bond motifs is 2. The second-order valence-corrected chi connectivity index (χ2v) is 9.33. The van der Waals surface area contributed by atoms with Gasteiger partial charge in [-0.25, -0.2) is 0 Å². The molecule has 0 aliphatic carbocycles. The lowest BCUT2D eigenvalue weighted by Crippen LogP contribution is -2.16. The SMILES string of the molecule is COc1c(O)cc2oc3cc(OC(=O)C(C)C)c(CC=C(C)C)c(O)c3c(=O)c2c1CC=C(C)C. The van der Waals surface area contributed by atoms with Gasteiger partial charge in [0.1, 0.15) is 28.1 Å². The van der Waals surface area contributed by atoms with Gasteiger partial charge in [0.2, 0.25) is 5.43 Å². The van der Waals surface area contributed by atoms with Crippen LogP contribution in [0.5, 0.6) is 23.0 Å². The summed E-state index contributed by atoms with van der Waals surface area (Å²) in [6, 6.07) is 2.76. The molecule has 0 aliphatic heterocycles.